The normalized spacial score (nSPS) is 11.4. The van der Waals surface area contributed by atoms with E-state index in [2.05, 4.69) is 63.9 Å². The quantitative estimate of drug-likeness (QED) is 0.781. The average Bonchev–Trinajstić information content (AvgIpc) is 2.47. The zero-order chi connectivity index (χ0) is 15.4. The molecule has 0 spiro atoms. The van der Waals surface area contributed by atoms with Gasteiger partial charge in [-0.3, -0.25) is 9.97 Å². The largest absolute Gasteiger partial charge is 0.261 e. The molecular formula is C19H26N2. The van der Waals surface area contributed by atoms with Gasteiger partial charge in [-0.05, 0) is 53.6 Å². The van der Waals surface area contributed by atoms with Gasteiger partial charge in [-0.15, -0.1) is 0 Å². The maximum Gasteiger partial charge on any atom is 0.0453 e. The summed E-state index contributed by atoms with van der Waals surface area (Å²) in [7, 11) is 0. The molecule has 0 aliphatic rings. The van der Waals surface area contributed by atoms with E-state index in [1.807, 2.05) is 6.20 Å². The first-order chi connectivity index (χ1) is 9.99. The summed E-state index contributed by atoms with van der Waals surface area (Å²) in [6, 6.07) is 8.78. The first-order valence-corrected chi connectivity index (χ1v) is 7.94. The number of pyridine rings is 2. The number of aryl methyl sites for hydroxylation is 1. The third-order valence-electron chi connectivity index (χ3n) is 3.78. The summed E-state index contributed by atoms with van der Waals surface area (Å²) in [5.41, 5.74) is 6.19. The Balaban J connectivity index is 2.30. The van der Waals surface area contributed by atoms with E-state index in [4.69, 9.17) is 4.98 Å². The molecule has 0 radical (unpaired) electrons. The first kappa shape index (κ1) is 15.7. The Morgan fingerprint density at radius 1 is 0.905 bits per heavy atom. The lowest BCUT2D eigenvalue weighted by molar-refractivity contribution is 0.800. The molecule has 0 aliphatic heterocycles. The molecule has 2 aromatic rings. The van der Waals surface area contributed by atoms with Crippen molar-refractivity contribution in [1.82, 2.24) is 9.97 Å². The molecule has 0 saturated heterocycles. The van der Waals surface area contributed by atoms with Crippen LogP contribution in [-0.2, 0) is 12.8 Å². The van der Waals surface area contributed by atoms with Crippen LogP contribution in [-0.4, -0.2) is 9.97 Å². The van der Waals surface area contributed by atoms with Gasteiger partial charge in [0.05, 0.1) is 0 Å². The number of nitrogens with zero attached hydrogens (tertiary/aromatic N) is 2. The summed E-state index contributed by atoms with van der Waals surface area (Å²) in [5.74, 6) is 0.935. The molecule has 2 heterocycles. The fourth-order valence-corrected chi connectivity index (χ4v) is 2.40. The van der Waals surface area contributed by atoms with Crippen molar-refractivity contribution in [3.8, 4) is 0 Å². The van der Waals surface area contributed by atoms with E-state index in [0.717, 1.165) is 18.5 Å². The van der Waals surface area contributed by atoms with Gasteiger partial charge in [0.15, 0.2) is 0 Å². The van der Waals surface area contributed by atoms with Crippen molar-refractivity contribution in [2.45, 2.75) is 59.3 Å². The Morgan fingerprint density at radius 3 is 2.19 bits per heavy atom. The van der Waals surface area contributed by atoms with E-state index in [0.29, 0.717) is 11.8 Å². The molecule has 0 N–H and O–H groups in total. The van der Waals surface area contributed by atoms with Crippen LogP contribution < -0.4 is 0 Å². The summed E-state index contributed by atoms with van der Waals surface area (Å²) in [6.07, 6.45) is 3.86. The third-order valence-corrected chi connectivity index (χ3v) is 3.78. The van der Waals surface area contributed by atoms with Crippen molar-refractivity contribution in [2.75, 3.05) is 0 Å². The number of hydrogen-bond acceptors (Lipinski definition) is 2. The van der Waals surface area contributed by atoms with Gasteiger partial charge >= 0.3 is 0 Å². The Morgan fingerprint density at radius 2 is 1.57 bits per heavy atom. The summed E-state index contributed by atoms with van der Waals surface area (Å²) in [6.45, 7) is 11.0. The minimum absolute atomic E-state index is 0.464. The van der Waals surface area contributed by atoms with Crippen molar-refractivity contribution in [3.05, 3.63) is 58.7 Å². The highest BCUT2D eigenvalue weighted by Crippen LogP contribution is 2.19. The zero-order valence-electron chi connectivity index (χ0n) is 13.9. The highest BCUT2D eigenvalue weighted by atomic mass is 14.7. The van der Waals surface area contributed by atoms with E-state index in [-0.39, 0.29) is 0 Å². The molecule has 2 nitrogen and oxygen atoms in total. The van der Waals surface area contributed by atoms with Gasteiger partial charge in [-0.25, -0.2) is 0 Å². The minimum Gasteiger partial charge on any atom is -0.261 e. The van der Waals surface area contributed by atoms with Gasteiger partial charge in [0.25, 0.3) is 0 Å². The van der Waals surface area contributed by atoms with Crippen LogP contribution in [0, 0.1) is 0 Å². The van der Waals surface area contributed by atoms with Crippen molar-refractivity contribution >= 4 is 0 Å². The third kappa shape index (κ3) is 4.13. The first-order valence-electron chi connectivity index (χ1n) is 7.94. The van der Waals surface area contributed by atoms with E-state index in [1.54, 1.807) is 0 Å². The molecule has 0 unspecified atom stereocenters. The van der Waals surface area contributed by atoms with E-state index < -0.39 is 0 Å². The van der Waals surface area contributed by atoms with E-state index >= 15 is 0 Å². The molecule has 0 aliphatic carbocycles. The van der Waals surface area contributed by atoms with Gasteiger partial charge in [0.2, 0.25) is 0 Å². The average molecular weight is 282 g/mol. The maximum atomic E-state index is 4.83. The van der Waals surface area contributed by atoms with Crippen LogP contribution in [0.15, 0.2) is 30.5 Å². The fraction of sp³-hybridized carbons (Fsp3) is 0.474. The van der Waals surface area contributed by atoms with Crippen LogP contribution in [0.2, 0.25) is 0 Å². The van der Waals surface area contributed by atoms with Gasteiger partial charge in [-0.2, -0.15) is 0 Å². The summed E-state index contributed by atoms with van der Waals surface area (Å²) >= 11 is 0. The lowest BCUT2D eigenvalue weighted by Gasteiger charge is -2.11. The van der Waals surface area contributed by atoms with Gasteiger partial charge in [0, 0.05) is 29.7 Å². The molecule has 2 rings (SSSR count). The van der Waals surface area contributed by atoms with Gasteiger partial charge in [-0.1, -0.05) is 34.6 Å². The van der Waals surface area contributed by atoms with Crippen LogP contribution in [0.1, 0.15) is 74.7 Å². The topological polar surface area (TPSA) is 25.8 Å². The lowest BCUT2D eigenvalue weighted by atomic mass is 10.0. The molecule has 0 atom stereocenters. The summed E-state index contributed by atoms with van der Waals surface area (Å²) in [4.78, 5) is 9.27. The van der Waals surface area contributed by atoms with Crippen molar-refractivity contribution < 1.29 is 0 Å². The van der Waals surface area contributed by atoms with Crippen LogP contribution in [0.4, 0.5) is 0 Å². The van der Waals surface area contributed by atoms with Crippen LogP contribution in [0.25, 0.3) is 0 Å². The molecule has 112 valence electrons. The van der Waals surface area contributed by atoms with E-state index in [1.165, 1.54) is 22.5 Å². The second-order valence-electron chi connectivity index (χ2n) is 6.32. The molecule has 2 heteroatoms. The molecule has 0 saturated carbocycles. The predicted molar refractivity (Wildman–Crippen MR) is 88.8 cm³/mol. The Kier molecular flexibility index (Phi) is 5.11. The summed E-state index contributed by atoms with van der Waals surface area (Å²) in [5, 5.41) is 0. The van der Waals surface area contributed by atoms with Gasteiger partial charge in [0.1, 0.15) is 0 Å². The fourth-order valence-electron chi connectivity index (χ4n) is 2.40. The molecule has 0 amide bonds. The zero-order valence-corrected chi connectivity index (χ0v) is 13.9. The molecular weight excluding hydrogens is 256 g/mol. The van der Waals surface area contributed by atoms with Crippen LogP contribution >= 0.6 is 0 Å². The molecule has 0 bridgehead atoms. The van der Waals surface area contributed by atoms with Crippen molar-refractivity contribution in [1.29, 1.82) is 0 Å². The van der Waals surface area contributed by atoms with Crippen molar-refractivity contribution in [2.24, 2.45) is 0 Å². The standard InChI is InChI=1S/C19H26N2/c1-6-15-9-17(21-19(11-15)14(4)5)10-16-7-8-20-18(12-16)13(2)3/h7-9,11-14H,6,10H2,1-5H3. The molecule has 21 heavy (non-hydrogen) atoms. The van der Waals surface area contributed by atoms with Crippen LogP contribution in [0.3, 0.4) is 0 Å². The van der Waals surface area contributed by atoms with Crippen molar-refractivity contribution in [3.63, 3.8) is 0 Å². The monoisotopic (exact) mass is 282 g/mol. The maximum absolute atomic E-state index is 4.83. The second kappa shape index (κ2) is 6.84. The second-order valence-corrected chi connectivity index (χ2v) is 6.32. The Bertz CT molecular complexity index is 600. The molecule has 0 fully saturated rings. The Labute approximate surface area is 128 Å². The number of rotatable bonds is 5. The smallest absolute Gasteiger partial charge is 0.0453 e. The van der Waals surface area contributed by atoms with Crippen LogP contribution in [0.5, 0.6) is 0 Å². The highest BCUT2D eigenvalue weighted by Gasteiger charge is 2.08. The minimum atomic E-state index is 0.464. The number of hydrogen-bond donors (Lipinski definition) is 0. The van der Waals surface area contributed by atoms with Gasteiger partial charge < -0.3 is 0 Å². The Hall–Kier alpha value is -1.70. The predicted octanol–water partition coefficient (Wildman–Crippen LogP) is 4.88. The lowest BCUT2D eigenvalue weighted by Crippen LogP contribution is -2.02. The van der Waals surface area contributed by atoms with E-state index in [9.17, 15) is 0 Å². The number of aromatic nitrogens is 2. The highest BCUT2D eigenvalue weighted by molar-refractivity contribution is 5.28. The molecule has 2 aromatic heterocycles. The summed E-state index contributed by atoms with van der Waals surface area (Å²) < 4.78 is 0. The SMILES string of the molecule is CCc1cc(Cc2ccnc(C(C)C)c2)nc(C(C)C)c1. The molecule has 0 aromatic carbocycles.